The summed E-state index contributed by atoms with van der Waals surface area (Å²) in [5.41, 5.74) is 7.58. The monoisotopic (exact) mass is 388 g/mol. The van der Waals surface area contributed by atoms with Gasteiger partial charge in [0, 0.05) is 19.7 Å². The van der Waals surface area contributed by atoms with Crippen LogP contribution < -0.4 is 5.73 Å². The Kier molecular flexibility index (Phi) is 6.46. The van der Waals surface area contributed by atoms with Crippen LogP contribution in [0.15, 0.2) is 59.2 Å². The predicted molar refractivity (Wildman–Crippen MR) is 108 cm³/mol. The van der Waals surface area contributed by atoms with Crippen LogP contribution >= 0.6 is 12.4 Å². The first-order valence-corrected chi connectivity index (χ1v) is 8.56. The summed E-state index contributed by atoms with van der Waals surface area (Å²) >= 11 is 0. The lowest BCUT2D eigenvalue weighted by Crippen LogP contribution is -2.40. The van der Waals surface area contributed by atoms with Gasteiger partial charge in [0.2, 0.25) is 0 Å². The number of hydrogen-bond donors (Lipinski definition) is 1. The van der Waals surface area contributed by atoms with E-state index in [4.69, 9.17) is 10.2 Å². The molecule has 0 aliphatic carbocycles. The second kappa shape index (κ2) is 8.41. The smallest absolute Gasteiger partial charge is 0.272 e. The highest BCUT2D eigenvalue weighted by atomic mass is 35.5. The van der Waals surface area contributed by atoms with E-state index in [1.54, 1.807) is 35.0 Å². The molecule has 144 valence electrons. The number of halogens is 1. The van der Waals surface area contributed by atoms with E-state index in [0.29, 0.717) is 30.2 Å². The lowest BCUT2D eigenvalue weighted by molar-refractivity contribution is 0.0731. The molecule has 0 aliphatic rings. The molecular weight excluding hydrogens is 364 g/mol. The molecule has 0 fully saturated rings. The van der Waals surface area contributed by atoms with Crippen LogP contribution in [0.4, 0.5) is 0 Å². The van der Waals surface area contributed by atoms with Crippen molar-refractivity contribution in [1.29, 1.82) is 0 Å². The number of para-hydroxylation sites is 1. The number of hydrogen-bond acceptors (Lipinski definition) is 4. The van der Waals surface area contributed by atoms with Crippen LogP contribution in [-0.2, 0) is 0 Å². The summed E-state index contributed by atoms with van der Waals surface area (Å²) in [5.74, 6) is 0.513. The van der Waals surface area contributed by atoms with Gasteiger partial charge in [0.1, 0.15) is 11.4 Å². The summed E-state index contributed by atoms with van der Waals surface area (Å²) < 4.78 is 7.10. The Morgan fingerprint density at radius 3 is 2.52 bits per heavy atom. The van der Waals surface area contributed by atoms with Crippen molar-refractivity contribution in [3.63, 3.8) is 0 Å². The van der Waals surface area contributed by atoms with Gasteiger partial charge >= 0.3 is 0 Å². The minimum Gasteiger partial charge on any atom is -0.463 e. The SMILES string of the molecule is CN(CC(C)(C)CN)C(=O)c1cc(-c2ccco2)nn1-c1ccccc1.Cl. The fraction of sp³-hybridized carbons (Fsp3) is 0.300. The highest BCUT2D eigenvalue weighted by Gasteiger charge is 2.25. The number of carbonyl (C=O) groups is 1. The van der Waals surface area contributed by atoms with Gasteiger partial charge in [0.25, 0.3) is 5.91 Å². The topological polar surface area (TPSA) is 77.3 Å². The third-order valence-electron chi connectivity index (χ3n) is 4.27. The number of nitrogens with zero attached hydrogens (tertiary/aromatic N) is 3. The molecule has 6 nitrogen and oxygen atoms in total. The molecule has 0 atom stereocenters. The van der Waals surface area contributed by atoms with Gasteiger partial charge in [-0.2, -0.15) is 5.10 Å². The highest BCUT2D eigenvalue weighted by Crippen LogP contribution is 2.24. The summed E-state index contributed by atoms with van der Waals surface area (Å²) in [4.78, 5) is 14.8. The number of rotatable bonds is 6. The summed E-state index contributed by atoms with van der Waals surface area (Å²) in [6.07, 6.45) is 1.59. The fourth-order valence-corrected chi connectivity index (χ4v) is 2.82. The van der Waals surface area contributed by atoms with Crippen LogP contribution in [0, 0.1) is 5.41 Å². The van der Waals surface area contributed by atoms with Crippen molar-refractivity contribution in [2.24, 2.45) is 11.1 Å². The zero-order valence-electron chi connectivity index (χ0n) is 15.8. The molecule has 0 saturated carbocycles. The van der Waals surface area contributed by atoms with Crippen LogP contribution in [0.2, 0.25) is 0 Å². The third kappa shape index (κ3) is 4.59. The predicted octanol–water partition coefficient (Wildman–Crippen LogP) is 3.61. The maximum atomic E-state index is 13.1. The molecule has 0 spiro atoms. The first-order valence-electron chi connectivity index (χ1n) is 8.56. The number of carbonyl (C=O) groups excluding carboxylic acids is 1. The van der Waals surface area contributed by atoms with Crippen molar-refractivity contribution < 1.29 is 9.21 Å². The van der Waals surface area contributed by atoms with Crippen LogP contribution in [0.1, 0.15) is 24.3 Å². The number of aromatic nitrogens is 2. The maximum absolute atomic E-state index is 13.1. The number of benzene rings is 1. The Balaban J connectivity index is 0.00000261. The standard InChI is InChI=1S/C20H24N4O2.ClH/c1-20(2,13-21)14-23(3)19(25)17-12-16(18-10-7-11-26-18)22-24(17)15-8-5-4-6-9-15;/h4-12H,13-14,21H2,1-3H3;1H. The number of amides is 1. The second-order valence-corrected chi connectivity index (χ2v) is 7.17. The average Bonchev–Trinajstić information content (AvgIpc) is 3.31. The summed E-state index contributed by atoms with van der Waals surface area (Å²) in [5, 5.41) is 4.59. The molecule has 7 heteroatoms. The molecule has 3 aromatic rings. The van der Waals surface area contributed by atoms with Crippen molar-refractivity contribution >= 4 is 18.3 Å². The van der Waals surface area contributed by atoms with E-state index >= 15 is 0 Å². The first kappa shape index (κ1) is 20.7. The van der Waals surface area contributed by atoms with Gasteiger partial charge < -0.3 is 15.1 Å². The molecule has 1 amide bonds. The minimum absolute atomic E-state index is 0. The normalized spacial score (nSPS) is 11.1. The molecular formula is C20H25ClN4O2. The van der Waals surface area contributed by atoms with E-state index in [9.17, 15) is 4.79 Å². The Labute approximate surface area is 165 Å². The molecule has 2 heterocycles. The van der Waals surface area contributed by atoms with Crippen LogP contribution in [-0.4, -0.2) is 40.7 Å². The quantitative estimate of drug-likeness (QED) is 0.699. The van der Waals surface area contributed by atoms with E-state index in [2.05, 4.69) is 5.10 Å². The maximum Gasteiger partial charge on any atom is 0.272 e. The zero-order valence-corrected chi connectivity index (χ0v) is 16.6. The van der Waals surface area contributed by atoms with Gasteiger partial charge in [-0.3, -0.25) is 4.79 Å². The molecule has 0 unspecified atom stereocenters. The molecule has 1 aromatic carbocycles. The van der Waals surface area contributed by atoms with E-state index in [-0.39, 0.29) is 23.7 Å². The molecule has 0 radical (unpaired) electrons. The molecule has 2 N–H and O–H groups in total. The lowest BCUT2D eigenvalue weighted by Gasteiger charge is -2.29. The summed E-state index contributed by atoms with van der Waals surface area (Å²) in [6.45, 7) is 5.14. The number of furan rings is 1. The Bertz CT molecular complexity index is 873. The molecule has 27 heavy (non-hydrogen) atoms. The van der Waals surface area contributed by atoms with E-state index < -0.39 is 0 Å². The van der Waals surface area contributed by atoms with Gasteiger partial charge in [0.15, 0.2) is 5.76 Å². The van der Waals surface area contributed by atoms with E-state index in [0.717, 1.165) is 5.69 Å². The van der Waals surface area contributed by atoms with Gasteiger partial charge in [-0.25, -0.2) is 4.68 Å². The van der Waals surface area contributed by atoms with E-state index in [1.807, 2.05) is 50.2 Å². The van der Waals surface area contributed by atoms with Crippen molar-refractivity contribution in [2.75, 3.05) is 20.1 Å². The molecule has 0 aliphatic heterocycles. The van der Waals surface area contributed by atoms with Crippen LogP contribution in [0.25, 0.3) is 17.1 Å². The highest BCUT2D eigenvalue weighted by molar-refractivity contribution is 5.94. The first-order chi connectivity index (χ1) is 12.4. The van der Waals surface area contributed by atoms with Crippen molar-refractivity contribution in [1.82, 2.24) is 14.7 Å². The Morgan fingerprint density at radius 1 is 1.22 bits per heavy atom. The van der Waals surface area contributed by atoms with Crippen molar-refractivity contribution in [2.45, 2.75) is 13.8 Å². The Hall–Kier alpha value is -2.57. The van der Waals surface area contributed by atoms with E-state index in [1.165, 1.54) is 0 Å². The van der Waals surface area contributed by atoms with Gasteiger partial charge in [-0.15, -0.1) is 12.4 Å². The molecule has 0 bridgehead atoms. The molecule has 3 rings (SSSR count). The van der Waals surface area contributed by atoms with Crippen LogP contribution in [0.5, 0.6) is 0 Å². The minimum atomic E-state index is -0.161. The van der Waals surface area contributed by atoms with Gasteiger partial charge in [-0.05, 0) is 36.2 Å². The number of nitrogens with two attached hydrogens (primary N) is 1. The Morgan fingerprint density at radius 2 is 1.93 bits per heavy atom. The average molecular weight is 389 g/mol. The lowest BCUT2D eigenvalue weighted by atomic mass is 9.93. The molecule has 0 saturated heterocycles. The molecule has 2 aromatic heterocycles. The fourth-order valence-electron chi connectivity index (χ4n) is 2.82. The third-order valence-corrected chi connectivity index (χ3v) is 4.27. The van der Waals surface area contributed by atoms with Gasteiger partial charge in [0.05, 0.1) is 12.0 Å². The largest absolute Gasteiger partial charge is 0.463 e. The van der Waals surface area contributed by atoms with Crippen LogP contribution in [0.3, 0.4) is 0 Å². The van der Waals surface area contributed by atoms with Gasteiger partial charge in [-0.1, -0.05) is 32.0 Å². The zero-order chi connectivity index (χ0) is 18.7. The summed E-state index contributed by atoms with van der Waals surface area (Å²) in [7, 11) is 1.79. The second-order valence-electron chi connectivity index (χ2n) is 7.17. The van der Waals surface area contributed by atoms with Crippen molar-refractivity contribution in [3.05, 3.63) is 60.5 Å². The summed E-state index contributed by atoms with van der Waals surface area (Å²) in [6, 6.07) is 15.0. The van der Waals surface area contributed by atoms with Crippen molar-refractivity contribution in [3.8, 4) is 17.1 Å².